The maximum atomic E-state index is 12.9. The molecule has 91 heavy (non-hydrogen) atoms. The Kier molecular flexibility index (Phi) is 65.9. The van der Waals surface area contributed by atoms with Gasteiger partial charge in [0.1, 0.15) is 13.2 Å². The van der Waals surface area contributed by atoms with Crippen molar-refractivity contribution in [1.29, 1.82) is 0 Å². The highest BCUT2D eigenvalue weighted by Crippen LogP contribution is 2.15. The Morgan fingerprint density at radius 2 is 0.626 bits per heavy atom. The molecule has 0 aromatic carbocycles. The summed E-state index contributed by atoms with van der Waals surface area (Å²) in [6, 6.07) is 0. The van der Waals surface area contributed by atoms with Gasteiger partial charge in [-0.3, -0.25) is 9.59 Å². The number of quaternary nitrogens is 1. The zero-order valence-electron chi connectivity index (χ0n) is 58.4. The van der Waals surface area contributed by atoms with Crippen molar-refractivity contribution in [2.24, 2.45) is 0 Å². The third-order valence-corrected chi connectivity index (χ3v) is 14.6. The van der Waals surface area contributed by atoms with Crippen molar-refractivity contribution in [1.82, 2.24) is 0 Å². The van der Waals surface area contributed by atoms with E-state index in [-0.39, 0.29) is 38.6 Å². The lowest BCUT2D eigenvalue weighted by Crippen LogP contribution is -2.40. The molecule has 9 nitrogen and oxygen atoms in total. The first kappa shape index (κ1) is 85.4. The minimum Gasteiger partial charge on any atom is -0.477 e. The Morgan fingerprint density at radius 1 is 0.341 bits per heavy atom. The molecule has 2 unspecified atom stereocenters. The molecule has 0 aromatic rings. The average molecular weight is 1260 g/mol. The molecule has 2 atom stereocenters. The van der Waals surface area contributed by atoms with E-state index in [1.807, 2.05) is 21.1 Å². The molecule has 9 heteroatoms. The molecule has 512 valence electrons. The number of carbonyl (C=O) groups excluding carboxylic acids is 2. The number of esters is 2. The van der Waals surface area contributed by atoms with E-state index in [0.29, 0.717) is 17.4 Å². The van der Waals surface area contributed by atoms with Crippen LogP contribution in [0.1, 0.15) is 258 Å². The molecule has 0 saturated carbocycles. The summed E-state index contributed by atoms with van der Waals surface area (Å²) in [4.78, 5) is 37.6. The van der Waals surface area contributed by atoms with Crippen LogP contribution < -0.4 is 0 Å². The van der Waals surface area contributed by atoms with Gasteiger partial charge in [0.15, 0.2) is 6.10 Å². The fourth-order valence-corrected chi connectivity index (χ4v) is 9.18. The van der Waals surface area contributed by atoms with Crippen molar-refractivity contribution in [2.75, 3.05) is 47.5 Å². The molecule has 0 radical (unpaired) electrons. The minimum atomic E-state index is -1.54. The molecule has 0 aliphatic heterocycles. The van der Waals surface area contributed by atoms with E-state index in [9.17, 15) is 19.5 Å². The van der Waals surface area contributed by atoms with Crippen LogP contribution in [-0.2, 0) is 33.3 Å². The molecule has 0 aliphatic rings. The number of rotatable bonds is 64. The Hall–Kier alpha value is -5.61. The number of hydrogen-bond donors (Lipinski definition) is 1. The highest BCUT2D eigenvalue weighted by Gasteiger charge is 2.25. The fraction of sp³-hybridized carbons (Fsp3) is 0.598. The maximum absolute atomic E-state index is 12.9. The SMILES string of the molecule is CC/C=C\C/C=C\C/C=C\C/C=C\C/C=C\C/C=C\C/C=C\C/C=C\C/C=C\C/C=C\C/C=C\C/C=C\CCCCC(=O)OC(COC(=O)CCCCCCCCCCCCCC/C=C\C/C=C\C/C=C\CCCCCCC)COC(OCC[N+](C)(C)C)C(=O)O. The van der Waals surface area contributed by atoms with Crippen LogP contribution in [0.15, 0.2) is 182 Å². The van der Waals surface area contributed by atoms with Crippen LogP contribution in [0.4, 0.5) is 0 Å². The first-order chi connectivity index (χ1) is 44.6. The summed E-state index contributed by atoms with van der Waals surface area (Å²) in [6.45, 7) is 4.69. The smallest absolute Gasteiger partial charge is 0.361 e. The van der Waals surface area contributed by atoms with Crippen LogP contribution in [0.25, 0.3) is 0 Å². The zero-order chi connectivity index (χ0) is 66.1. The Morgan fingerprint density at radius 3 is 0.956 bits per heavy atom. The predicted molar refractivity (Wildman–Crippen MR) is 391 cm³/mol. The van der Waals surface area contributed by atoms with Gasteiger partial charge in [0.25, 0.3) is 6.29 Å². The largest absolute Gasteiger partial charge is 0.477 e. The number of likely N-dealkylation sites (N-methyl/N-ethyl adjacent to an activating group) is 1. The third kappa shape index (κ3) is 71.7. The number of ether oxygens (including phenoxy) is 4. The molecule has 0 saturated heterocycles. The van der Waals surface area contributed by atoms with Crippen LogP contribution in [0.3, 0.4) is 0 Å². The van der Waals surface area contributed by atoms with Crippen molar-refractivity contribution in [3.63, 3.8) is 0 Å². The van der Waals surface area contributed by atoms with Gasteiger partial charge in [-0.15, -0.1) is 0 Å². The first-order valence-corrected chi connectivity index (χ1v) is 35.9. The van der Waals surface area contributed by atoms with Crippen molar-refractivity contribution in [3.05, 3.63) is 182 Å². The topological polar surface area (TPSA) is 108 Å². The van der Waals surface area contributed by atoms with E-state index < -0.39 is 24.3 Å². The average Bonchev–Trinajstić information content (AvgIpc) is 3.46. The summed E-state index contributed by atoms with van der Waals surface area (Å²) >= 11 is 0. The summed E-state index contributed by atoms with van der Waals surface area (Å²) < 4.78 is 22.9. The van der Waals surface area contributed by atoms with E-state index in [1.165, 1.54) is 103 Å². The standard InChI is InChI=1S/C82H131NO8/c1-6-8-10-12-14-16-18-20-22-24-26-28-30-32-34-35-36-37-38-39-40-41-42-43-44-45-47-49-51-53-55-57-59-61-63-65-67-69-71-73-80(85)91-78(77-90-82(81(86)87)88-75-74-83(3,4)5)76-89-79(84)72-70-68-66-64-62-60-58-56-54-52-50-48-46-33-31-29-27-25-23-21-19-17-15-13-11-9-7-2/h8,10,14,16,19-22,25-28,31-34,36-37,39-40,42-43,45,47,51,53,57,59,63,65,78,82H,6-7,9,11-13,15,17-18,23-24,29-30,35,38,41,44,46,48-50,52,54-56,58,60-62,64,66-77H2,1-5H3/p+1/b10-8-,16-14-,21-19-,22-20-,27-25-,28-26-,33-31-,34-32-,37-36-,40-39-,43-42-,47-45-,53-51-,59-57-,65-63-. The zero-order valence-corrected chi connectivity index (χ0v) is 58.4. The molecule has 0 heterocycles. The first-order valence-electron chi connectivity index (χ1n) is 35.9. The van der Waals surface area contributed by atoms with Gasteiger partial charge >= 0.3 is 17.9 Å². The quantitative estimate of drug-likeness (QED) is 0.0211. The molecule has 0 aromatic heterocycles. The van der Waals surface area contributed by atoms with E-state index in [1.54, 1.807) is 0 Å². The van der Waals surface area contributed by atoms with E-state index >= 15 is 0 Å². The van der Waals surface area contributed by atoms with E-state index in [2.05, 4.69) is 196 Å². The lowest BCUT2D eigenvalue weighted by Gasteiger charge is -2.25. The normalized spacial score (nSPS) is 13.8. The Labute approximate surface area is 558 Å². The van der Waals surface area contributed by atoms with Gasteiger partial charge in [-0.1, -0.05) is 286 Å². The fourth-order valence-electron chi connectivity index (χ4n) is 9.18. The van der Waals surface area contributed by atoms with Crippen molar-refractivity contribution >= 4 is 17.9 Å². The predicted octanol–water partition coefficient (Wildman–Crippen LogP) is 22.8. The molecule has 0 fully saturated rings. The second-order valence-corrected chi connectivity index (χ2v) is 24.5. The van der Waals surface area contributed by atoms with Gasteiger partial charge in [-0.25, -0.2) is 4.79 Å². The maximum Gasteiger partial charge on any atom is 0.361 e. The van der Waals surface area contributed by atoms with Gasteiger partial charge in [-0.05, 0) is 141 Å². The lowest BCUT2D eigenvalue weighted by molar-refractivity contribution is -0.870. The molecule has 1 N–H and O–H groups in total. The number of allylic oxidation sites excluding steroid dienone is 30. The number of nitrogens with zero attached hydrogens (tertiary/aromatic N) is 1. The minimum absolute atomic E-state index is 0.169. The lowest BCUT2D eigenvalue weighted by atomic mass is 10.0. The number of carbonyl (C=O) groups is 3. The number of hydrogen-bond acceptors (Lipinski definition) is 7. The summed E-state index contributed by atoms with van der Waals surface area (Å²) in [5.74, 6) is -2.08. The summed E-state index contributed by atoms with van der Waals surface area (Å²) in [5, 5.41) is 9.75. The molecule has 0 amide bonds. The van der Waals surface area contributed by atoms with Crippen LogP contribution >= 0.6 is 0 Å². The van der Waals surface area contributed by atoms with E-state index in [0.717, 1.165) is 122 Å². The van der Waals surface area contributed by atoms with E-state index in [4.69, 9.17) is 18.9 Å². The van der Waals surface area contributed by atoms with Crippen molar-refractivity contribution in [2.45, 2.75) is 270 Å². The monoisotopic (exact) mass is 1260 g/mol. The summed E-state index contributed by atoms with van der Waals surface area (Å²) in [5.41, 5.74) is 0. The number of aliphatic carboxylic acids is 1. The van der Waals surface area contributed by atoms with Crippen LogP contribution in [0, 0.1) is 0 Å². The molecular formula is C82H132NO8+. The second kappa shape index (κ2) is 70.3. The molecule has 0 spiro atoms. The van der Waals surface area contributed by atoms with Gasteiger partial charge in [-0.2, -0.15) is 0 Å². The van der Waals surface area contributed by atoms with Crippen LogP contribution in [-0.4, -0.2) is 87.4 Å². The molecule has 0 aliphatic carbocycles. The Bertz CT molecular complexity index is 2150. The number of carboxylic acid groups (broad SMARTS) is 1. The van der Waals surface area contributed by atoms with Crippen molar-refractivity contribution in [3.8, 4) is 0 Å². The van der Waals surface area contributed by atoms with Crippen LogP contribution in [0.2, 0.25) is 0 Å². The molecular weight excluding hydrogens is 1130 g/mol. The number of carboxylic acids is 1. The molecule has 0 rings (SSSR count). The molecule has 0 bridgehead atoms. The third-order valence-electron chi connectivity index (χ3n) is 14.6. The Balaban J connectivity index is 4.28. The summed E-state index contributed by atoms with van der Waals surface area (Å²) in [7, 11) is 5.95. The van der Waals surface area contributed by atoms with Gasteiger partial charge < -0.3 is 28.5 Å². The summed E-state index contributed by atoms with van der Waals surface area (Å²) in [6.07, 6.45) is 104. The van der Waals surface area contributed by atoms with Crippen molar-refractivity contribution < 1.29 is 42.9 Å². The highest BCUT2D eigenvalue weighted by atomic mass is 16.7. The highest BCUT2D eigenvalue weighted by molar-refractivity contribution is 5.71. The van der Waals surface area contributed by atoms with Gasteiger partial charge in [0.2, 0.25) is 0 Å². The van der Waals surface area contributed by atoms with Gasteiger partial charge in [0, 0.05) is 12.8 Å². The van der Waals surface area contributed by atoms with Crippen LogP contribution in [0.5, 0.6) is 0 Å². The number of unbranched alkanes of at least 4 members (excludes halogenated alkanes) is 19. The second-order valence-electron chi connectivity index (χ2n) is 24.5. The van der Waals surface area contributed by atoms with Gasteiger partial charge in [0.05, 0.1) is 34.4 Å².